The number of benzene rings is 2. The number of hydrogen-bond acceptors (Lipinski definition) is 7. The summed E-state index contributed by atoms with van der Waals surface area (Å²) in [4.78, 5) is 14.7. The first-order valence-corrected chi connectivity index (χ1v) is 10.9. The quantitative estimate of drug-likeness (QED) is 0.568. The summed E-state index contributed by atoms with van der Waals surface area (Å²) in [6.45, 7) is 4.87. The number of thioether (sulfide) groups is 1. The minimum atomic E-state index is -0.174. The van der Waals surface area contributed by atoms with Crippen molar-refractivity contribution in [2.24, 2.45) is 0 Å². The molecule has 2 aromatic carbocycles. The summed E-state index contributed by atoms with van der Waals surface area (Å²) in [5.74, 6) is 0.402. The number of amides is 1. The van der Waals surface area contributed by atoms with Gasteiger partial charge in [0.25, 0.3) is 5.22 Å². The average molecular weight is 445 g/mol. The van der Waals surface area contributed by atoms with Gasteiger partial charge in [-0.3, -0.25) is 4.79 Å². The fourth-order valence-electron chi connectivity index (χ4n) is 3.08. The van der Waals surface area contributed by atoms with E-state index in [4.69, 9.17) is 20.8 Å². The molecule has 1 aliphatic rings. The standard InChI is InChI=1S/C21H21ClN4O3S/c1-14-2-4-15(5-3-14)20-24-25-21(29-20)30-13-19(27)23-17-12-16(22)6-7-18(17)26-8-10-28-11-9-26/h2-7,12H,8-11,13H2,1H3,(H,23,27). The first kappa shape index (κ1) is 20.7. The molecule has 7 nitrogen and oxygen atoms in total. The van der Waals surface area contributed by atoms with Crippen LogP contribution in [0.25, 0.3) is 11.5 Å². The van der Waals surface area contributed by atoms with Crippen molar-refractivity contribution in [3.8, 4) is 11.5 Å². The lowest BCUT2D eigenvalue weighted by Gasteiger charge is -2.30. The first-order valence-electron chi connectivity index (χ1n) is 9.54. The number of carbonyl (C=O) groups excluding carboxylic acids is 1. The van der Waals surface area contributed by atoms with E-state index >= 15 is 0 Å². The Bertz CT molecular complexity index is 1020. The van der Waals surface area contributed by atoms with E-state index in [9.17, 15) is 4.79 Å². The Morgan fingerprint density at radius 2 is 1.93 bits per heavy atom. The number of nitrogens with zero attached hydrogens (tertiary/aromatic N) is 3. The van der Waals surface area contributed by atoms with Crippen molar-refractivity contribution >= 4 is 40.6 Å². The molecule has 2 heterocycles. The summed E-state index contributed by atoms with van der Waals surface area (Å²) in [6.07, 6.45) is 0. The molecule has 1 fully saturated rings. The Labute approximate surface area is 183 Å². The maximum atomic E-state index is 12.5. The fraction of sp³-hybridized carbons (Fsp3) is 0.286. The van der Waals surface area contributed by atoms with Gasteiger partial charge >= 0.3 is 0 Å². The van der Waals surface area contributed by atoms with E-state index in [2.05, 4.69) is 20.4 Å². The van der Waals surface area contributed by atoms with E-state index in [1.165, 1.54) is 11.8 Å². The third-order valence-electron chi connectivity index (χ3n) is 4.62. The molecule has 1 aromatic heterocycles. The molecule has 0 atom stereocenters. The highest BCUT2D eigenvalue weighted by atomic mass is 35.5. The van der Waals surface area contributed by atoms with Crippen LogP contribution >= 0.6 is 23.4 Å². The minimum absolute atomic E-state index is 0.143. The third-order valence-corrected chi connectivity index (χ3v) is 5.67. The largest absolute Gasteiger partial charge is 0.411 e. The van der Waals surface area contributed by atoms with E-state index < -0.39 is 0 Å². The number of morpholine rings is 1. The number of ether oxygens (including phenoxy) is 1. The molecule has 4 rings (SSSR count). The molecular formula is C21H21ClN4O3S. The van der Waals surface area contributed by atoms with Crippen LogP contribution in [-0.4, -0.2) is 48.2 Å². The van der Waals surface area contributed by atoms with Gasteiger partial charge in [0.1, 0.15) is 0 Å². The van der Waals surface area contributed by atoms with Crippen molar-refractivity contribution in [3.05, 3.63) is 53.1 Å². The van der Waals surface area contributed by atoms with Crippen LogP contribution < -0.4 is 10.2 Å². The molecule has 0 saturated carbocycles. The van der Waals surface area contributed by atoms with Crippen LogP contribution in [0.2, 0.25) is 5.02 Å². The van der Waals surface area contributed by atoms with Crippen molar-refractivity contribution in [2.75, 3.05) is 42.3 Å². The summed E-state index contributed by atoms with van der Waals surface area (Å²) in [6, 6.07) is 13.3. The number of anilines is 2. The van der Waals surface area contributed by atoms with Crippen LogP contribution in [0.3, 0.4) is 0 Å². The topological polar surface area (TPSA) is 80.5 Å². The zero-order chi connectivity index (χ0) is 20.9. The van der Waals surface area contributed by atoms with Gasteiger partial charge in [-0.15, -0.1) is 10.2 Å². The van der Waals surface area contributed by atoms with Gasteiger partial charge in [0.2, 0.25) is 11.8 Å². The van der Waals surface area contributed by atoms with Gasteiger partial charge in [-0.05, 0) is 37.3 Å². The lowest BCUT2D eigenvalue weighted by molar-refractivity contribution is -0.113. The molecule has 0 unspecified atom stereocenters. The first-order chi connectivity index (χ1) is 14.6. The number of carbonyl (C=O) groups is 1. The highest BCUT2D eigenvalue weighted by Crippen LogP contribution is 2.30. The molecule has 0 spiro atoms. The lowest BCUT2D eigenvalue weighted by atomic mass is 10.1. The summed E-state index contributed by atoms with van der Waals surface area (Å²) < 4.78 is 11.1. The molecule has 0 radical (unpaired) electrons. The van der Waals surface area contributed by atoms with Gasteiger partial charge < -0.3 is 19.4 Å². The average Bonchev–Trinajstić information content (AvgIpc) is 3.23. The zero-order valence-corrected chi connectivity index (χ0v) is 18.0. The van der Waals surface area contributed by atoms with E-state index in [-0.39, 0.29) is 11.7 Å². The van der Waals surface area contributed by atoms with Crippen molar-refractivity contribution in [1.29, 1.82) is 0 Å². The fourth-order valence-corrected chi connectivity index (χ4v) is 3.82. The van der Waals surface area contributed by atoms with Gasteiger partial charge in [0.15, 0.2) is 0 Å². The Hall–Kier alpha value is -2.55. The van der Waals surface area contributed by atoms with Crippen LogP contribution in [0.15, 0.2) is 52.1 Å². The maximum absolute atomic E-state index is 12.5. The van der Waals surface area contributed by atoms with Crippen LogP contribution in [0.1, 0.15) is 5.56 Å². The van der Waals surface area contributed by atoms with Gasteiger partial charge in [-0.2, -0.15) is 0 Å². The third kappa shape index (κ3) is 5.13. The van der Waals surface area contributed by atoms with Crippen LogP contribution in [0.5, 0.6) is 0 Å². The summed E-state index contributed by atoms with van der Waals surface area (Å²) in [5, 5.41) is 11.9. The van der Waals surface area contributed by atoms with Crippen LogP contribution in [0, 0.1) is 6.92 Å². The smallest absolute Gasteiger partial charge is 0.277 e. The highest BCUT2D eigenvalue weighted by molar-refractivity contribution is 7.99. The van der Waals surface area contributed by atoms with E-state index in [0.717, 1.165) is 29.9 Å². The second-order valence-corrected chi connectivity index (χ2v) is 8.20. The Morgan fingerprint density at radius 1 is 1.17 bits per heavy atom. The van der Waals surface area contributed by atoms with Gasteiger partial charge in [0, 0.05) is 23.7 Å². The molecule has 1 amide bonds. The van der Waals surface area contributed by atoms with Crippen molar-refractivity contribution < 1.29 is 13.9 Å². The normalized spacial score (nSPS) is 14.0. The number of aromatic nitrogens is 2. The van der Waals surface area contributed by atoms with Crippen molar-refractivity contribution in [3.63, 3.8) is 0 Å². The number of hydrogen-bond donors (Lipinski definition) is 1. The number of nitrogens with one attached hydrogen (secondary N) is 1. The molecule has 156 valence electrons. The monoisotopic (exact) mass is 444 g/mol. The van der Waals surface area contributed by atoms with Crippen LogP contribution in [0.4, 0.5) is 11.4 Å². The summed E-state index contributed by atoms with van der Waals surface area (Å²) >= 11 is 7.34. The summed E-state index contributed by atoms with van der Waals surface area (Å²) in [7, 11) is 0. The Morgan fingerprint density at radius 3 is 2.70 bits per heavy atom. The predicted molar refractivity (Wildman–Crippen MR) is 118 cm³/mol. The number of rotatable bonds is 6. The summed E-state index contributed by atoms with van der Waals surface area (Å²) in [5.41, 5.74) is 3.61. The minimum Gasteiger partial charge on any atom is -0.411 e. The SMILES string of the molecule is Cc1ccc(-c2nnc(SCC(=O)Nc3cc(Cl)ccc3N3CCOCC3)o2)cc1. The molecule has 1 aliphatic heterocycles. The maximum Gasteiger partial charge on any atom is 0.277 e. The molecule has 9 heteroatoms. The molecule has 3 aromatic rings. The molecule has 1 saturated heterocycles. The molecule has 0 aliphatic carbocycles. The predicted octanol–water partition coefficient (Wildman–Crippen LogP) is 4.27. The molecule has 0 bridgehead atoms. The lowest BCUT2D eigenvalue weighted by Crippen LogP contribution is -2.36. The van der Waals surface area contributed by atoms with Gasteiger partial charge in [0.05, 0.1) is 30.3 Å². The zero-order valence-electron chi connectivity index (χ0n) is 16.4. The Balaban J connectivity index is 1.38. The highest BCUT2D eigenvalue weighted by Gasteiger charge is 2.17. The number of halogens is 1. The van der Waals surface area contributed by atoms with E-state index in [0.29, 0.717) is 35.0 Å². The van der Waals surface area contributed by atoms with Gasteiger partial charge in [-0.25, -0.2) is 0 Å². The van der Waals surface area contributed by atoms with E-state index in [1.807, 2.05) is 43.3 Å². The molecular weight excluding hydrogens is 424 g/mol. The van der Waals surface area contributed by atoms with Gasteiger partial charge in [-0.1, -0.05) is 41.1 Å². The molecule has 30 heavy (non-hydrogen) atoms. The Kier molecular flexibility index (Phi) is 6.56. The van der Waals surface area contributed by atoms with Crippen LogP contribution in [-0.2, 0) is 9.53 Å². The molecule has 1 N–H and O–H groups in total. The van der Waals surface area contributed by atoms with Crippen molar-refractivity contribution in [2.45, 2.75) is 12.1 Å². The second kappa shape index (κ2) is 9.51. The van der Waals surface area contributed by atoms with Crippen molar-refractivity contribution in [1.82, 2.24) is 10.2 Å². The van der Waals surface area contributed by atoms with E-state index in [1.54, 1.807) is 6.07 Å². The second-order valence-electron chi connectivity index (χ2n) is 6.84. The number of aryl methyl sites for hydroxylation is 1.